The van der Waals surface area contributed by atoms with Gasteiger partial charge in [-0.25, -0.2) is 0 Å². The van der Waals surface area contributed by atoms with E-state index in [0.717, 1.165) is 19.3 Å². The Bertz CT molecular complexity index is 218. The number of carbonyl (C=O) groups excluding carboxylic acids is 1. The van der Waals surface area contributed by atoms with Gasteiger partial charge in [-0.15, -0.1) is 0 Å². The summed E-state index contributed by atoms with van der Waals surface area (Å²) in [6, 6.07) is 0. The average molecular weight is 196 g/mol. The number of unbranched alkanes of at least 4 members (excludes halogenated alkanes) is 2. The molecule has 2 heteroatoms. The van der Waals surface area contributed by atoms with Crippen LogP contribution in [0.3, 0.4) is 0 Å². The minimum atomic E-state index is -0.0210. The van der Waals surface area contributed by atoms with Gasteiger partial charge in [-0.1, -0.05) is 37.8 Å². The number of esters is 1. The minimum absolute atomic E-state index is 0.0210. The van der Waals surface area contributed by atoms with E-state index in [1.807, 2.05) is 6.92 Å². The van der Waals surface area contributed by atoms with E-state index in [1.54, 1.807) is 0 Å². The van der Waals surface area contributed by atoms with Gasteiger partial charge in [-0.2, -0.15) is 0 Å². The van der Waals surface area contributed by atoms with Crippen molar-refractivity contribution < 1.29 is 9.53 Å². The molecule has 1 aliphatic rings. The van der Waals surface area contributed by atoms with E-state index >= 15 is 0 Å². The van der Waals surface area contributed by atoms with Gasteiger partial charge in [-0.05, 0) is 19.8 Å². The molecule has 0 aromatic carbocycles. The minimum Gasteiger partial charge on any atom is -0.466 e. The number of ether oxygens (including phenoxy) is 1. The molecule has 0 heterocycles. The van der Waals surface area contributed by atoms with Crippen molar-refractivity contribution >= 4 is 5.97 Å². The predicted octanol–water partition coefficient (Wildman–Crippen LogP) is 3.08. The molecule has 1 atom stereocenters. The fourth-order valence-corrected chi connectivity index (χ4v) is 1.64. The molecule has 0 saturated carbocycles. The lowest BCUT2D eigenvalue weighted by Gasteiger charge is -2.12. The molecule has 0 aromatic heterocycles. The van der Waals surface area contributed by atoms with Gasteiger partial charge in [-0.3, -0.25) is 4.79 Å². The average Bonchev–Trinajstić information content (AvgIpc) is 2.96. The molecule has 1 unspecified atom stereocenters. The Morgan fingerprint density at radius 1 is 1.50 bits per heavy atom. The Kier molecular flexibility index (Phi) is 4.71. The second kappa shape index (κ2) is 5.84. The highest BCUT2D eigenvalue weighted by atomic mass is 16.5. The van der Waals surface area contributed by atoms with Crippen LogP contribution in [0.4, 0.5) is 0 Å². The number of carbonyl (C=O) groups is 1. The van der Waals surface area contributed by atoms with Crippen molar-refractivity contribution in [2.75, 3.05) is 6.61 Å². The summed E-state index contributed by atoms with van der Waals surface area (Å²) in [5.41, 5.74) is 1.29. The summed E-state index contributed by atoms with van der Waals surface area (Å²) in [5.74, 6) is 0.0499. The highest BCUT2D eigenvalue weighted by Crippen LogP contribution is 2.32. The topological polar surface area (TPSA) is 26.3 Å². The van der Waals surface area contributed by atoms with E-state index in [9.17, 15) is 4.79 Å². The molecule has 0 radical (unpaired) electrons. The van der Waals surface area contributed by atoms with Crippen molar-refractivity contribution in [1.82, 2.24) is 0 Å². The molecule has 0 N–H and O–H groups in total. The van der Waals surface area contributed by atoms with E-state index in [4.69, 9.17) is 4.74 Å². The van der Waals surface area contributed by atoms with Crippen LogP contribution >= 0.6 is 0 Å². The Labute approximate surface area is 86.3 Å². The Morgan fingerprint density at radius 3 is 2.71 bits per heavy atom. The standard InChI is InChI=1S/C12H20O2/c1-3-5-6-7-11(10-8-9-10)12(13)14-4-2/h8,11H,3-7,9H2,1-2H3. The van der Waals surface area contributed by atoms with Crippen LogP contribution in [0.25, 0.3) is 0 Å². The maximum Gasteiger partial charge on any atom is 0.313 e. The maximum atomic E-state index is 11.6. The number of hydrogen-bond acceptors (Lipinski definition) is 2. The van der Waals surface area contributed by atoms with Crippen LogP contribution in [0.2, 0.25) is 0 Å². The lowest BCUT2D eigenvalue weighted by atomic mass is 9.98. The van der Waals surface area contributed by atoms with Gasteiger partial charge in [0.25, 0.3) is 0 Å². The first-order valence-electron chi connectivity index (χ1n) is 5.65. The summed E-state index contributed by atoms with van der Waals surface area (Å²) in [6.45, 7) is 4.54. The first-order chi connectivity index (χ1) is 6.79. The van der Waals surface area contributed by atoms with Crippen molar-refractivity contribution in [2.24, 2.45) is 5.92 Å². The lowest BCUT2D eigenvalue weighted by Crippen LogP contribution is -2.17. The number of hydrogen-bond donors (Lipinski definition) is 0. The molecule has 0 amide bonds. The molecule has 0 saturated heterocycles. The monoisotopic (exact) mass is 196 g/mol. The quantitative estimate of drug-likeness (QED) is 0.355. The summed E-state index contributed by atoms with van der Waals surface area (Å²) in [5, 5.41) is 0. The van der Waals surface area contributed by atoms with Crippen LogP contribution in [0.5, 0.6) is 0 Å². The van der Waals surface area contributed by atoms with Crippen LogP contribution < -0.4 is 0 Å². The molecule has 0 aromatic rings. The Morgan fingerprint density at radius 2 is 2.21 bits per heavy atom. The summed E-state index contributed by atoms with van der Waals surface area (Å²) >= 11 is 0. The van der Waals surface area contributed by atoms with Crippen molar-refractivity contribution in [3.05, 3.63) is 11.6 Å². The second-order valence-corrected chi connectivity index (χ2v) is 3.78. The van der Waals surface area contributed by atoms with Gasteiger partial charge in [0, 0.05) is 0 Å². The smallest absolute Gasteiger partial charge is 0.313 e. The van der Waals surface area contributed by atoms with E-state index in [0.29, 0.717) is 6.61 Å². The molecule has 0 aliphatic heterocycles. The van der Waals surface area contributed by atoms with E-state index < -0.39 is 0 Å². The van der Waals surface area contributed by atoms with Crippen LogP contribution in [0.1, 0.15) is 46.0 Å². The normalized spacial score (nSPS) is 16.0. The van der Waals surface area contributed by atoms with Crippen molar-refractivity contribution in [2.45, 2.75) is 46.0 Å². The fraction of sp³-hybridized carbons (Fsp3) is 0.750. The Hall–Kier alpha value is -0.790. The molecule has 0 spiro atoms. The first-order valence-corrected chi connectivity index (χ1v) is 5.65. The summed E-state index contributed by atoms with van der Waals surface area (Å²) in [6.07, 6.45) is 7.68. The van der Waals surface area contributed by atoms with Crippen LogP contribution in [-0.4, -0.2) is 12.6 Å². The van der Waals surface area contributed by atoms with Gasteiger partial charge >= 0.3 is 5.97 Å². The third-order valence-corrected chi connectivity index (χ3v) is 2.55. The van der Waals surface area contributed by atoms with E-state index in [2.05, 4.69) is 13.0 Å². The van der Waals surface area contributed by atoms with Gasteiger partial charge in [0.1, 0.15) is 0 Å². The second-order valence-electron chi connectivity index (χ2n) is 3.78. The van der Waals surface area contributed by atoms with Crippen LogP contribution in [-0.2, 0) is 9.53 Å². The molecule has 80 valence electrons. The van der Waals surface area contributed by atoms with Gasteiger partial charge < -0.3 is 4.74 Å². The van der Waals surface area contributed by atoms with Crippen molar-refractivity contribution in [1.29, 1.82) is 0 Å². The number of allylic oxidation sites excluding steroid dienone is 1. The van der Waals surface area contributed by atoms with Crippen molar-refractivity contribution in [3.8, 4) is 0 Å². The molecular formula is C12H20O2. The first kappa shape index (κ1) is 11.3. The van der Waals surface area contributed by atoms with Gasteiger partial charge in [0.2, 0.25) is 0 Å². The third kappa shape index (κ3) is 3.52. The molecule has 0 bridgehead atoms. The van der Waals surface area contributed by atoms with E-state index in [1.165, 1.54) is 18.4 Å². The predicted molar refractivity (Wildman–Crippen MR) is 57.0 cm³/mol. The SMILES string of the molecule is CCCCCC(C(=O)OCC)C1=CC1. The van der Waals surface area contributed by atoms with Crippen LogP contribution in [0, 0.1) is 5.92 Å². The zero-order valence-corrected chi connectivity index (χ0v) is 9.21. The lowest BCUT2D eigenvalue weighted by molar-refractivity contribution is -0.146. The van der Waals surface area contributed by atoms with Crippen molar-refractivity contribution in [3.63, 3.8) is 0 Å². The molecular weight excluding hydrogens is 176 g/mol. The Balaban J connectivity index is 2.31. The molecule has 1 rings (SSSR count). The zero-order valence-electron chi connectivity index (χ0n) is 9.21. The van der Waals surface area contributed by atoms with E-state index in [-0.39, 0.29) is 11.9 Å². The maximum absolute atomic E-state index is 11.6. The summed E-state index contributed by atoms with van der Waals surface area (Å²) in [4.78, 5) is 11.6. The largest absolute Gasteiger partial charge is 0.466 e. The van der Waals surface area contributed by atoms with Gasteiger partial charge in [0.05, 0.1) is 12.5 Å². The summed E-state index contributed by atoms with van der Waals surface area (Å²) < 4.78 is 5.06. The zero-order chi connectivity index (χ0) is 10.4. The third-order valence-electron chi connectivity index (χ3n) is 2.55. The highest BCUT2D eigenvalue weighted by molar-refractivity contribution is 5.77. The van der Waals surface area contributed by atoms with Gasteiger partial charge in [0.15, 0.2) is 0 Å². The molecule has 14 heavy (non-hydrogen) atoms. The molecule has 2 nitrogen and oxygen atoms in total. The highest BCUT2D eigenvalue weighted by Gasteiger charge is 2.27. The fourth-order valence-electron chi connectivity index (χ4n) is 1.64. The summed E-state index contributed by atoms with van der Waals surface area (Å²) in [7, 11) is 0. The molecule has 0 fully saturated rings. The number of rotatable bonds is 7. The van der Waals surface area contributed by atoms with Crippen LogP contribution in [0.15, 0.2) is 11.6 Å². The molecule has 1 aliphatic carbocycles.